The van der Waals surface area contributed by atoms with Crippen molar-refractivity contribution in [3.63, 3.8) is 0 Å². The molecule has 0 atom stereocenters. The summed E-state index contributed by atoms with van der Waals surface area (Å²) in [5, 5.41) is 0. The Morgan fingerprint density at radius 1 is 1.10 bits per heavy atom. The quantitative estimate of drug-likeness (QED) is 0.830. The Balaban J connectivity index is 2.04. The number of thiocarbonyl (C=S) groups is 1. The minimum absolute atomic E-state index is 0.164. The monoisotopic (exact) mass is 305 g/mol. The molecule has 0 aromatic heterocycles. The first-order valence-electron chi connectivity index (χ1n) is 6.53. The molecule has 0 bridgehead atoms. The molecule has 2 N–H and O–H groups in total. The fourth-order valence-electron chi connectivity index (χ4n) is 1.84. The molecule has 0 radical (unpaired) electrons. The van der Waals surface area contributed by atoms with Crippen molar-refractivity contribution >= 4 is 17.2 Å². The molecule has 0 unspecified atom stereocenters. The lowest BCUT2D eigenvalue weighted by Crippen LogP contribution is -2.10. The first kappa shape index (κ1) is 15.3. The summed E-state index contributed by atoms with van der Waals surface area (Å²) in [5.74, 6) is 1.08. The standard InChI is InChI=1S/C16H16FNO2S/c1-2-19-14-3-5-15(6-4-14)20-10-11-7-12(16(18)21)9-13(17)8-11/h3-9H,2,10H2,1H3,(H2,18,21). The third-order valence-corrected chi connectivity index (χ3v) is 3.02. The first-order valence-corrected chi connectivity index (χ1v) is 6.94. The van der Waals surface area contributed by atoms with Crippen molar-refractivity contribution in [3.8, 4) is 11.5 Å². The molecule has 0 aliphatic rings. The fraction of sp³-hybridized carbons (Fsp3) is 0.188. The van der Waals surface area contributed by atoms with Crippen LogP contribution in [0.4, 0.5) is 4.39 Å². The van der Waals surface area contributed by atoms with E-state index in [-0.39, 0.29) is 17.4 Å². The van der Waals surface area contributed by atoms with Crippen LogP contribution in [0, 0.1) is 5.82 Å². The van der Waals surface area contributed by atoms with Crippen LogP contribution in [0.15, 0.2) is 42.5 Å². The maximum atomic E-state index is 13.5. The Morgan fingerprint density at radius 3 is 2.29 bits per heavy atom. The van der Waals surface area contributed by atoms with Gasteiger partial charge in [0.05, 0.1) is 6.61 Å². The van der Waals surface area contributed by atoms with Crippen LogP contribution in [0.5, 0.6) is 11.5 Å². The zero-order chi connectivity index (χ0) is 15.2. The minimum atomic E-state index is -0.384. The molecule has 110 valence electrons. The summed E-state index contributed by atoms with van der Waals surface area (Å²) in [5.41, 5.74) is 6.68. The Hall–Kier alpha value is -2.14. The summed E-state index contributed by atoms with van der Waals surface area (Å²) in [7, 11) is 0. The van der Waals surface area contributed by atoms with Crippen molar-refractivity contribution in [1.29, 1.82) is 0 Å². The summed E-state index contributed by atoms with van der Waals surface area (Å²) < 4.78 is 24.4. The second kappa shape index (κ2) is 7.04. The molecule has 0 aliphatic carbocycles. The normalized spacial score (nSPS) is 10.2. The van der Waals surface area contributed by atoms with Gasteiger partial charge in [0.1, 0.15) is 28.9 Å². The Bertz CT molecular complexity index is 629. The lowest BCUT2D eigenvalue weighted by molar-refractivity contribution is 0.303. The SMILES string of the molecule is CCOc1ccc(OCc2cc(F)cc(C(N)=S)c2)cc1. The summed E-state index contributed by atoms with van der Waals surface area (Å²) in [6.45, 7) is 2.78. The third kappa shape index (κ3) is 4.43. The summed E-state index contributed by atoms with van der Waals surface area (Å²) in [6, 6.07) is 11.7. The highest BCUT2D eigenvalue weighted by Crippen LogP contribution is 2.19. The molecule has 2 rings (SSSR count). The molecular formula is C16H16FNO2S. The molecule has 0 heterocycles. The van der Waals surface area contributed by atoms with Crippen LogP contribution in [-0.4, -0.2) is 11.6 Å². The van der Waals surface area contributed by atoms with Gasteiger partial charge in [-0.2, -0.15) is 0 Å². The number of nitrogens with two attached hydrogens (primary N) is 1. The summed E-state index contributed by atoms with van der Waals surface area (Å²) >= 11 is 4.85. The molecule has 0 aliphatic heterocycles. The molecule has 2 aromatic carbocycles. The maximum absolute atomic E-state index is 13.5. The van der Waals surface area contributed by atoms with E-state index in [2.05, 4.69) is 0 Å². The van der Waals surface area contributed by atoms with E-state index in [4.69, 9.17) is 27.4 Å². The van der Waals surface area contributed by atoms with Crippen molar-refractivity contribution < 1.29 is 13.9 Å². The van der Waals surface area contributed by atoms with Gasteiger partial charge in [-0.15, -0.1) is 0 Å². The lowest BCUT2D eigenvalue weighted by atomic mass is 10.1. The van der Waals surface area contributed by atoms with E-state index in [1.54, 1.807) is 18.2 Å². The van der Waals surface area contributed by atoms with E-state index in [0.717, 1.165) is 5.75 Å². The minimum Gasteiger partial charge on any atom is -0.494 e. The highest BCUT2D eigenvalue weighted by atomic mass is 32.1. The molecule has 5 heteroatoms. The van der Waals surface area contributed by atoms with Crippen molar-refractivity contribution in [2.24, 2.45) is 5.73 Å². The van der Waals surface area contributed by atoms with Gasteiger partial charge in [0.15, 0.2) is 0 Å². The van der Waals surface area contributed by atoms with Gasteiger partial charge < -0.3 is 15.2 Å². The second-order valence-electron chi connectivity index (χ2n) is 4.41. The van der Waals surface area contributed by atoms with Crippen LogP contribution < -0.4 is 15.2 Å². The van der Waals surface area contributed by atoms with E-state index < -0.39 is 0 Å². The number of hydrogen-bond donors (Lipinski definition) is 1. The molecule has 0 saturated heterocycles. The third-order valence-electron chi connectivity index (χ3n) is 2.78. The Labute approximate surface area is 128 Å². The maximum Gasteiger partial charge on any atom is 0.124 e. The first-order chi connectivity index (χ1) is 10.1. The van der Waals surface area contributed by atoms with Gasteiger partial charge >= 0.3 is 0 Å². The number of halogens is 1. The molecule has 3 nitrogen and oxygen atoms in total. The Morgan fingerprint density at radius 2 is 1.71 bits per heavy atom. The topological polar surface area (TPSA) is 44.5 Å². The average Bonchev–Trinajstić information content (AvgIpc) is 2.46. The highest BCUT2D eigenvalue weighted by molar-refractivity contribution is 7.80. The van der Waals surface area contributed by atoms with Crippen LogP contribution in [0.2, 0.25) is 0 Å². The van der Waals surface area contributed by atoms with E-state index in [1.807, 2.05) is 19.1 Å². The molecule has 0 saturated carbocycles. The molecule has 0 fully saturated rings. The van der Waals surface area contributed by atoms with Gasteiger partial charge in [0.25, 0.3) is 0 Å². The number of rotatable bonds is 6. The molecule has 0 amide bonds. The second-order valence-corrected chi connectivity index (χ2v) is 4.85. The van der Waals surface area contributed by atoms with Crippen molar-refractivity contribution in [2.45, 2.75) is 13.5 Å². The van der Waals surface area contributed by atoms with Gasteiger partial charge in [-0.25, -0.2) is 4.39 Å². The zero-order valence-corrected chi connectivity index (χ0v) is 12.5. The van der Waals surface area contributed by atoms with Crippen molar-refractivity contribution in [1.82, 2.24) is 0 Å². The average molecular weight is 305 g/mol. The zero-order valence-electron chi connectivity index (χ0n) is 11.6. The predicted octanol–water partition coefficient (Wildman–Crippen LogP) is 3.44. The van der Waals surface area contributed by atoms with Crippen molar-refractivity contribution in [2.75, 3.05) is 6.61 Å². The fourth-order valence-corrected chi connectivity index (χ4v) is 1.96. The van der Waals surface area contributed by atoms with Crippen LogP contribution in [0.1, 0.15) is 18.1 Å². The number of ether oxygens (including phenoxy) is 2. The predicted molar refractivity (Wildman–Crippen MR) is 84.2 cm³/mol. The van der Waals surface area contributed by atoms with E-state index >= 15 is 0 Å². The van der Waals surface area contributed by atoms with Crippen LogP contribution >= 0.6 is 12.2 Å². The Kier molecular flexibility index (Phi) is 5.11. The largest absolute Gasteiger partial charge is 0.494 e. The van der Waals surface area contributed by atoms with Crippen LogP contribution in [0.25, 0.3) is 0 Å². The summed E-state index contributed by atoms with van der Waals surface area (Å²) in [6.07, 6.45) is 0. The molecule has 21 heavy (non-hydrogen) atoms. The van der Waals surface area contributed by atoms with Gasteiger partial charge in [-0.3, -0.25) is 0 Å². The van der Waals surface area contributed by atoms with E-state index in [1.165, 1.54) is 12.1 Å². The molecular weight excluding hydrogens is 289 g/mol. The number of hydrogen-bond acceptors (Lipinski definition) is 3. The number of benzene rings is 2. The smallest absolute Gasteiger partial charge is 0.124 e. The van der Waals surface area contributed by atoms with Gasteiger partial charge in [-0.05, 0) is 55.0 Å². The molecule has 2 aromatic rings. The van der Waals surface area contributed by atoms with Gasteiger partial charge in [0, 0.05) is 5.56 Å². The summed E-state index contributed by atoms with van der Waals surface area (Å²) in [4.78, 5) is 0.164. The van der Waals surface area contributed by atoms with Gasteiger partial charge in [-0.1, -0.05) is 12.2 Å². The lowest BCUT2D eigenvalue weighted by Gasteiger charge is -2.09. The van der Waals surface area contributed by atoms with Crippen molar-refractivity contribution in [3.05, 3.63) is 59.4 Å². The highest BCUT2D eigenvalue weighted by Gasteiger charge is 2.04. The molecule has 0 spiro atoms. The van der Waals surface area contributed by atoms with E-state index in [9.17, 15) is 4.39 Å². The van der Waals surface area contributed by atoms with Crippen LogP contribution in [0.3, 0.4) is 0 Å². The van der Waals surface area contributed by atoms with Crippen LogP contribution in [-0.2, 0) is 6.61 Å². The van der Waals surface area contributed by atoms with Gasteiger partial charge in [0.2, 0.25) is 0 Å². The van der Waals surface area contributed by atoms with E-state index in [0.29, 0.717) is 23.5 Å².